The third-order valence-electron chi connectivity index (χ3n) is 1.21. The summed E-state index contributed by atoms with van der Waals surface area (Å²) in [6.07, 6.45) is 7.50. The van der Waals surface area contributed by atoms with Gasteiger partial charge in [0.15, 0.2) is 24.8 Å². The Morgan fingerprint density at radius 1 is 0.727 bits per heavy atom. The van der Waals surface area contributed by atoms with Gasteiger partial charge in [0.2, 0.25) is 0 Å². The first kappa shape index (κ1) is 22.5. The summed E-state index contributed by atoms with van der Waals surface area (Å²) in [5, 5.41) is 0. The van der Waals surface area contributed by atoms with Gasteiger partial charge in [-0.3, -0.25) is 8.42 Å². The standard InChI is InChI=1S/2C5H5N.Cr.H2O4S.2H2O.2O/c2*1-2-4-6-5-3-1;;1-5(2,3)4;;;;/h2*1-5H;;(H2,1,2,3,4);2*1H2;;/q;;+2;;;;;/p-2. The third-order valence-corrected chi connectivity index (χ3v) is 1.21. The fourth-order valence-corrected chi connectivity index (χ4v) is 0.684. The zero-order valence-electron chi connectivity index (χ0n) is 10.9. The van der Waals surface area contributed by atoms with Crippen LogP contribution in [0.4, 0.5) is 0 Å². The van der Waals surface area contributed by atoms with E-state index in [1.54, 1.807) is 0 Å². The zero-order chi connectivity index (χ0) is 17.5. The monoisotopic (exact) mass is 374 g/mol. The van der Waals surface area contributed by atoms with Gasteiger partial charge in [-0.05, 0) is 0 Å². The Hall–Kier alpha value is -1.78. The molecule has 0 amide bonds. The first-order chi connectivity index (χ1) is 10.0. The molecule has 2 aromatic heterocycles. The second-order valence-corrected chi connectivity index (χ2v) is 5.23. The first-order valence-corrected chi connectivity index (χ1v) is 8.70. The van der Waals surface area contributed by atoms with E-state index in [-0.39, 0.29) is 0 Å². The Labute approximate surface area is 129 Å². The van der Waals surface area contributed by atoms with E-state index in [1.807, 2.05) is 61.2 Å². The summed E-state index contributed by atoms with van der Waals surface area (Å²) in [5.41, 5.74) is 0. The minimum absolute atomic E-state index is 1.88. The normalized spacial score (nSPS) is 9.64. The maximum Gasteiger partial charge on any atom is 0.166 e. The van der Waals surface area contributed by atoms with Gasteiger partial charge in [-0.1, -0.05) is 12.1 Å². The van der Waals surface area contributed by atoms with Crippen LogP contribution in [0.15, 0.2) is 61.2 Å². The average molecular weight is 374 g/mol. The van der Waals surface area contributed by atoms with Crippen LogP contribution in [0.1, 0.15) is 0 Å². The summed E-state index contributed by atoms with van der Waals surface area (Å²) in [6.45, 7) is 0. The van der Waals surface area contributed by atoms with Crippen molar-refractivity contribution in [2.45, 2.75) is 0 Å². The quantitative estimate of drug-likeness (QED) is 0.404. The molecule has 2 aromatic rings. The van der Waals surface area contributed by atoms with Gasteiger partial charge in [0.25, 0.3) is 0 Å². The SMILES string of the molecule is O=S(=O)([O-])[O-].[O]=[Cr](=[O])([OH])[OH].c1cc[nH+]cc1.c1cc[nH+]cc1. The summed E-state index contributed by atoms with van der Waals surface area (Å²) >= 11 is -5.25. The van der Waals surface area contributed by atoms with Gasteiger partial charge in [0, 0.05) is 34.7 Å². The minimum atomic E-state index is -5.25. The number of H-pyrrole nitrogens is 2. The van der Waals surface area contributed by atoms with Crippen molar-refractivity contribution in [1.82, 2.24) is 0 Å². The Morgan fingerprint density at radius 3 is 0.955 bits per heavy atom. The van der Waals surface area contributed by atoms with Gasteiger partial charge in [0.05, 0.1) is 0 Å². The average Bonchev–Trinajstić information content (AvgIpc) is 2.40. The van der Waals surface area contributed by atoms with Gasteiger partial charge in [0.1, 0.15) is 0 Å². The fourth-order valence-electron chi connectivity index (χ4n) is 0.684. The molecule has 0 saturated carbocycles. The molecule has 0 saturated heterocycles. The van der Waals surface area contributed by atoms with Crippen molar-refractivity contribution in [3.8, 4) is 0 Å². The van der Waals surface area contributed by atoms with Crippen molar-refractivity contribution in [3.63, 3.8) is 0 Å². The molecule has 12 heteroatoms. The van der Waals surface area contributed by atoms with E-state index < -0.39 is 24.0 Å². The molecule has 2 rings (SSSR count). The van der Waals surface area contributed by atoms with E-state index in [0.29, 0.717) is 0 Å². The Kier molecular flexibility index (Phi) is 13.2. The number of aromatic amines is 2. The molecular weight excluding hydrogens is 360 g/mol. The van der Waals surface area contributed by atoms with Crippen LogP contribution in [0.25, 0.3) is 0 Å². The fraction of sp³-hybridized carbons (Fsp3) is 0. The predicted octanol–water partition coefficient (Wildman–Crippen LogP) is -1.69. The van der Waals surface area contributed by atoms with E-state index in [0.717, 1.165) is 0 Å². The molecule has 0 spiro atoms. The number of rotatable bonds is 0. The number of pyridine rings is 2. The van der Waals surface area contributed by atoms with Crippen molar-refractivity contribution in [2.24, 2.45) is 0 Å². The van der Waals surface area contributed by atoms with Crippen LogP contribution < -0.4 is 9.97 Å². The number of aromatic nitrogens is 2. The van der Waals surface area contributed by atoms with Gasteiger partial charge in [-0.25, -0.2) is 9.97 Å². The van der Waals surface area contributed by atoms with E-state index in [9.17, 15) is 0 Å². The van der Waals surface area contributed by atoms with E-state index in [4.69, 9.17) is 33.4 Å². The molecule has 0 aliphatic heterocycles. The Bertz CT molecular complexity index is 534. The predicted molar refractivity (Wildman–Crippen MR) is 62.3 cm³/mol. The Balaban J connectivity index is 0. The molecule has 0 unspecified atom stereocenters. The third kappa shape index (κ3) is 51.7. The van der Waals surface area contributed by atoms with E-state index >= 15 is 0 Å². The Morgan fingerprint density at radius 2 is 0.909 bits per heavy atom. The molecule has 0 radical (unpaired) electrons. The van der Waals surface area contributed by atoms with Gasteiger partial charge < -0.3 is 9.11 Å². The summed E-state index contributed by atoms with van der Waals surface area (Å²) in [7, 11) is -5.17. The van der Waals surface area contributed by atoms with Crippen molar-refractivity contribution < 1.29 is 57.0 Å². The molecule has 0 aliphatic rings. The summed E-state index contributed by atoms with van der Waals surface area (Å²) in [6, 6.07) is 11.7. The zero-order valence-corrected chi connectivity index (χ0v) is 13.0. The number of nitrogens with one attached hydrogen (secondary N) is 2. The molecule has 0 atom stereocenters. The summed E-state index contributed by atoms with van der Waals surface area (Å²) < 4.78 is 66.0. The molecule has 10 nitrogen and oxygen atoms in total. The van der Waals surface area contributed by atoms with Crippen LogP contribution in [-0.4, -0.2) is 25.8 Å². The summed E-state index contributed by atoms with van der Waals surface area (Å²) in [5.74, 6) is 0. The van der Waals surface area contributed by atoms with Crippen molar-refractivity contribution in [2.75, 3.05) is 0 Å². The molecule has 4 N–H and O–H groups in total. The molecule has 124 valence electrons. The second-order valence-electron chi connectivity index (χ2n) is 3.01. The molecule has 0 fully saturated rings. The second kappa shape index (κ2) is 12.9. The van der Waals surface area contributed by atoms with Crippen LogP contribution in [0.2, 0.25) is 0 Å². The largest absolute Gasteiger partial charge is 0.218 e. The van der Waals surface area contributed by atoms with E-state index in [1.165, 1.54) is 0 Å². The number of hydrogen-bond donors (Lipinski definition) is 2. The number of hydrogen-bond acceptors (Lipinski definition) is 6. The van der Waals surface area contributed by atoms with Gasteiger partial charge >= 0.3 is 29.5 Å². The van der Waals surface area contributed by atoms with Crippen LogP contribution in [0.3, 0.4) is 0 Å². The maximum atomic E-state index is 8.82. The molecular formula is C10H14CrN2O8S. The molecule has 0 bridgehead atoms. The van der Waals surface area contributed by atoms with Crippen molar-refractivity contribution >= 4 is 10.4 Å². The molecule has 2 heterocycles. The summed E-state index contributed by atoms with van der Waals surface area (Å²) in [4.78, 5) is 5.78. The molecule has 0 aliphatic carbocycles. The topological polar surface area (TPSA) is 183 Å². The smallest absolute Gasteiger partial charge is 0.166 e. The van der Waals surface area contributed by atoms with Gasteiger partial charge in [-0.15, -0.1) is 0 Å². The van der Waals surface area contributed by atoms with Crippen LogP contribution in [0.5, 0.6) is 0 Å². The maximum absolute atomic E-state index is 8.82. The molecule has 0 aromatic carbocycles. The molecule has 22 heavy (non-hydrogen) atoms. The van der Waals surface area contributed by atoms with Crippen LogP contribution in [0, 0.1) is 0 Å². The first-order valence-electron chi connectivity index (χ1n) is 5.19. The van der Waals surface area contributed by atoms with Crippen LogP contribution in [-0.2, 0) is 31.6 Å². The van der Waals surface area contributed by atoms with Gasteiger partial charge in [-0.2, -0.15) is 0 Å². The van der Waals surface area contributed by atoms with Crippen molar-refractivity contribution in [1.29, 1.82) is 0 Å². The van der Waals surface area contributed by atoms with Crippen LogP contribution >= 0.6 is 0 Å². The van der Waals surface area contributed by atoms with Crippen molar-refractivity contribution in [3.05, 3.63) is 61.2 Å². The van der Waals surface area contributed by atoms with E-state index in [2.05, 4.69) is 9.97 Å². The minimum Gasteiger partial charge on any atom is -0.218 e.